The lowest BCUT2D eigenvalue weighted by Crippen LogP contribution is -2.33. The Balaban J connectivity index is 1.64. The quantitative estimate of drug-likeness (QED) is 0.618. The van der Waals surface area contributed by atoms with E-state index in [0.717, 1.165) is 26.4 Å². The summed E-state index contributed by atoms with van der Waals surface area (Å²) in [6, 6.07) is 13.1. The average molecular weight is 382 g/mol. The van der Waals surface area contributed by atoms with Gasteiger partial charge >= 0.3 is 5.97 Å². The molecule has 3 aromatic rings. The van der Waals surface area contributed by atoms with Gasteiger partial charge < -0.3 is 9.64 Å². The highest BCUT2D eigenvalue weighted by Crippen LogP contribution is 2.28. The Kier molecular flexibility index (Phi) is 5.56. The normalized spacial score (nSPS) is 12.0. The lowest BCUT2D eigenvalue weighted by atomic mass is 10.0. The van der Waals surface area contributed by atoms with Gasteiger partial charge in [-0.3, -0.25) is 4.79 Å². The van der Waals surface area contributed by atoms with Gasteiger partial charge in [0.2, 0.25) is 0 Å². The van der Waals surface area contributed by atoms with Crippen LogP contribution in [-0.4, -0.2) is 35.4 Å². The molecule has 0 radical (unpaired) electrons. The molecule has 2 aromatic carbocycles. The van der Waals surface area contributed by atoms with Crippen molar-refractivity contribution >= 4 is 33.4 Å². The number of thiazole rings is 1. The van der Waals surface area contributed by atoms with Crippen LogP contribution in [0.3, 0.4) is 0 Å². The van der Waals surface area contributed by atoms with Crippen LogP contribution in [0.5, 0.6) is 0 Å². The standard InChI is InChI=1S/C21H22N2O3S/c1-13-8-7-9-16(14(13)2)21(25)26-12-19(24)23(4)15(3)20-22-17-10-5-6-11-18(17)27-20/h5-11,15H,12H2,1-4H3/t15-/m1/s1. The number of aryl methyl sites for hydroxylation is 1. The third kappa shape index (κ3) is 4.01. The van der Waals surface area contributed by atoms with Crippen molar-refractivity contribution in [2.75, 3.05) is 13.7 Å². The van der Waals surface area contributed by atoms with E-state index in [4.69, 9.17) is 4.74 Å². The van der Waals surface area contributed by atoms with Crippen LogP contribution in [0.2, 0.25) is 0 Å². The summed E-state index contributed by atoms with van der Waals surface area (Å²) in [5.74, 6) is -0.744. The maximum atomic E-state index is 12.5. The SMILES string of the molecule is Cc1cccc(C(=O)OCC(=O)N(C)[C@H](C)c2nc3ccccc3s2)c1C. The average Bonchev–Trinajstić information content (AvgIpc) is 3.11. The molecule has 0 saturated heterocycles. The lowest BCUT2D eigenvalue weighted by molar-refractivity contribution is -0.135. The first-order valence-electron chi connectivity index (χ1n) is 8.73. The summed E-state index contributed by atoms with van der Waals surface area (Å²) >= 11 is 1.56. The molecule has 0 spiro atoms. The number of hydrogen-bond donors (Lipinski definition) is 0. The van der Waals surface area contributed by atoms with Gasteiger partial charge in [-0.05, 0) is 50.1 Å². The molecule has 1 amide bonds. The van der Waals surface area contributed by atoms with Gasteiger partial charge in [0.15, 0.2) is 6.61 Å². The minimum atomic E-state index is -0.481. The second kappa shape index (κ2) is 7.88. The molecule has 0 aliphatic heterocycles. The summed E-state index contributed by atoms with van der Waals surface area (Å²) in [7, 11) is 1.70. The zero-order valence-corrected chi connectivity index (χ0v) is 16.7. The zero-order valence-electron chi connectivity index (χ0n) is 15.9. The van der Waals surface area contributed by atoms with E-state index in [2.05, 4.69) is 4.98 Å². The van der Waals surface area contributed by atoms with Crippen molar-refractivity contribution in [1.29, 1.82) is 0 Å². The summed E-state index contributed by atoms with van der Waals surface area (Å²) in [6.45, 7) is 5.43. The smallest absolute Gasteiger partial charge is 0.338 e. The molecule has 0 aliphatic rings. The van der Waals surface area contributed by atoms with Crippen LogP contribution in [-0.2, 0) is 9.53 Å². The van der Waals surface area contributed by atoms with Gasteiger partial charge in [-0.25, -0.2) is 9.78 Å². The maximum absolute atomic E-state index is 12.5. The Labute approximate surface area is 162 Å². The molecule has 1 atom stereocenters. The second-order valence-corrected chi connectivity index (χ2v) is 7.59. The van der Waals surface area contributed by atoms with Crippen molar-refractivity contribution in [2.45, 2.75) is 26.8 Å². The highest BCUT2D eigenvalue weighted by Gasteiger charge is 2.22. The van der Waals surface area contributed by atoms with Gasteiger partial charge in [0.25, 0.3) is 5.91 Å². The molecule has 3 rings (SSSR count). The number of ether oxygens (including phenoxy) is 1. The Morgan fingerprint density at radius 1 is 1.15 bits per heavy atom. The van der Waals surface area contributed by atoms with Crippen molar-refractivity contribution in [2.24, 2.45) is 0 Å². The van der Waals surface area contributed by atoms with E-state index in [9.17, 15) is 9.59 Å². The van der Waals surface area contributed by atoms with E-state index in [-0.39, 0.29) is 18.6 Å². The molecule has 5 nitrogen and oxygen atoms in total. The fraction of sp³-hybridized carbons (Fsp3) is 0.286. The van der Waals surface area contributed by atoms with Gasteiger partial charge in [0, 0.05) is 7.05 Å². The fourth-order valence-electron chi connectivity index (χ4n) is 2.73. The summed E-state index contributed by atoms with van der Waals surface area (Å²) in [5, 5.41) is 0.855. The molecule has 0 saturated carbocycles. The zero-order chi connectivity index (χ0) is 19.6. The van der Waals surface area contributed by atoms with Crippen molar-refractivity contribution in [3.63, 3.8) is 0 Å². The fourth-order valence-corrected chi connectivity index (χ4v) is 3.79. The summed E-state index contributed by atoms with van der Waals surface area (Å²) in [4.78, 5) is 30.9. The molecule has 0 unspecified atom stereocenters. The topological polar surface area (TPSA) is 59.5 Å². The number of carbonyl (C=O) groups is 2. The molecule has 0 bridgehead atoms. The molecule has 140 valence electrons. The Bertz CT molecular complexity index is 963. The van der Waals surface area contributed by atoms with Crippen molar-refractivity contribution in [1.82, 2.24) is 9.88 Å². The van der Waals surface area contributed by atoms with E-state index >= 15 is 0 Å². The van der Waals surface area contributed by atoms with Crippen molar-refractivity contribution < 1.29 is 14.3 Å². The van der Waals surface area contributed by atoms with Gasteiger partial charge in [0.05, 0.1) is 21.8 Å². The third-order valence-electron chi connectivity index (χ3n) is 4.79. The number of aromatic nitrogens is 1. The van der Waals surface area contributed by atoms with Crippen LogP contribution in [0.25, 0.3) is 10.2 Å². The predicted molar refractivity (Wildman–Crippen MR) is 107 cm³/mol. The predicted octanol–water partition coefficient (Wildman–Crippen LogP) is 4.29. The highest BCUT2D eigenvalue weighted by atomic mass is 32.1. The Hall–Kier alpha value is -2.73. The first-order valence-corrected chi connectivity index (χ1v) is 9.54. The number of fused-ring (bicyclic) bond motifs is 1. The molecular weight excluding hydrogens is 360 g/mol. The van der Waals surface area contributed by atoms with Crippen LogP contribution in [0.15, 0.2) is 42.5 Å². The van der Waals surface area contributed by atoms with E-state index in [1.807, 2.05) is 57.2 Å². The monoisotopic (exact) mass is 382 g/mol. The Morgan fingerprint density at radius 3 is 2.63 bits per heavy atom. The molecule has 1 aromatic heterocycles. The minimum absolute atomic E-state index is 0.200. The maximum Gasteiger partial charge on any atom is 0.338 e. The number of hydrogen-bond acceptors (Lipinski definition) is 5. The van der Waals surface area contributed by atoms with Crippen molar-refractivity contribution in [3.8, 4) is 0 Å². The van der Waals surface area contributed by atoms with Crippen LogP contribution >= 0.6 is 11.3 Å². The number of esters is 1. The number of carbonyl (C=O) groups excluding carboxylic acids is 2. The first-order chi connectivity index (χ1) is 12.9. The molecule has 0 fully saturated rings. The largest absolute Gasteiger partial charge is 0.452 e. The summed E-state index contributed by atoms with van der Waals surface area (Å²) in [6.07, 6.45) is 0. The van der Waals surface area contributed by atoms with Crippen molar-refractivity contribution in [3.05, 3.63) is 64.2 Å². The Morgan fingerprint density at radius 2 is 1.89 bits per heavy atom. The summed E-state index contributed by atoms with van der Waals surface area (Å²) < 4.78 is 6.33. The third-order valence-corrected chi connectivity index (χ3v) is 6.00. The van der Waals surface area contributed by atoms with E-state index in [1.54, 1.807) is 29.4 Å². The molecule has 0 N–H and O–H groups in total. The molecule has 0 aliphatic carbocycles. The summed E-state index contributed by atoms with van der Waals surface area (Å²) in [5.41, 5.74) is 3.29. The molecule has 27 heavy (non-hydrogen) atoms. The van der Waals surface area contributed by atoms with Gasteiger partial charge in [-0.1, -0.05) is 24.3 Å². The lowest BCUT2D eigenvalue weighted by Gasteiger charge is -2.23. The number of amides is 1. The number of nitrogens with zero attached hydrogens (tertiary/aromatic N) is 2. The number of para-hydroxylation sites is 1. The van der Waals surface area contributed by atoms with Crippen LogP contribution < -0.4 is 0 Å². The van der Waals surface area contributed by atoms with Gasteiger partial charge in [-0.2, -0.15) is 0 Å². The van der Waals surface area contributed by atoms with Crippen LogP contribution in [0.4, 0.5) is 0 Å². The van der Waals surface area contributed by atoms with E-state index in [0.29, 0.717) is 5.56 Å². The van der Waals surface area contributed by atoms with Gasteiger partial charge in [-0.15, -0.1) is 11.3 Å². The van der Waals surface area contributed by atoms with E-state index < -0.39 is 5.97 Å². The molecule has 6 heteroatoms. The number of rotatable bonds is 5. The molecule has 1 heterocycles. The minimum Gasteiger partial charge on any atom is -0.452 e. The van der Waals surface area contributed by atoms with Crippen LogP contribution in [0.1, 0.15) is 39.5 Å². The second-order valence-electron chi connectivity index (χ2n) is 6.52. The number of likely N-dealkylation sites (N-methyl/N-ethyl adjacent to an activating group) is 1. The first kappa shape index (κ1) is 19.0. The van der Waals surface area contributed by atoms with Crippen LogP contribution in [0, 0.1) is 13.8 Å². The van der Waals surface area contributed by atoms with Gasteiger partial charge in [0.1, 0.15) is 5.01 Å². The highest BCUT2D eigenvalue weighted by molar-refractivity contribution is 7.18. The number of benzene rings is 2. The molecular formula is C21H22N2O3S. The van der Waals surface area contributed by atoms with E-state index in [1.165, 1.54) is 0 Å².